The van der Waals surface area contributed by atoms with E-state index in [4.69, 9.17) is 5.10 Å². The molecule has 40 heavy (non-hydrogen) atoms. The van der Waals surface area contributed by atoms with Crippen LogP contribution in [0.1, 0.15) is 65.7 Å². The van der Waals surface area contributed by atoms with Crippen molar-refractivity contribution in [3.63, 3.8) is 0 Å². The first-order valence-corrected chi connectivity index (χ1v) is 16.7. The van der Waals surface area contributed by atoms with Crippen LogP contribution in [0.5, 0.6) is 0 Å². The summed E-state index contributed by atoms with van der Waals surface area (Å²) in [7, 11) is -3.07. The fourth-order valence-corrected chi connectivity index (χ4v) is 8.26. The molecule has 1 saturated heterocycles. The fraction of sp³-hybridized carbons (Fsp3) is 0.630. The van der Waals surface area contributed by atoms with Gasteiger partial charge in [-0.1, -0.05) is 24.4 Å². The predicted molar refractivity (Wildman–Crippen MR) is 157 cm³/mol. The maximum Gasteiger partial charge on any atom is 0.432 e. The Kier molecular flexibility index (Phi) is 10.1. The molecular formula is C27H39N8O3S2+. The number of azo groups is 1. The molecular weight excluding hydrogens is 548 g/mol. The zero-order valence-corrected chi connectivity index (χ0v) is 25.2. The van der Waals surface area contributed by atoms with Crippen molar-refractivity contribution >= 4 is 54.4 Å². The van der Waals surface area contributed by atoms with Crippen molar-refractivity contribution in [2.75, 3.05) is 39.7 Å². The van der Waals surface area contributed by atoms with Crippen LogP contribution in [0, 0.1) is 11.3 Å². The summed E-state index contributed by atoms with van der Waals surface area (Å²) in [6, 6.07) is 7.97. The number of nitriles is 1. The molecule has 0 bridgehead atoms. The lowest BCUT2D eigenvalue weighted by Gasteiger charge is -2.37. The van der Waals surface area contributed by atoms with E-state index in [2.05, 4.69) is 45.3 Å². The smallest absolute Gasteiger partial charge is 0.372 e. The zero-order chi connectivity index (χ0) is 28.7. The lowest BCUT2D eigenvalue weighted by Crippen LogP contribution is -2.46. The molecule has 1 aromatic heterocycles. The number of amides is 1. The van der Waals surface area contributed by atoms with Gasteiger partial charge in [-0.2, -0.15) is 5.26 Å². The van der Waals surface area contributed by atoms with Crippen LogP contribution in [0.2, 0.25) is 0 Å². The normalized spacial score (nSPS) is 19.0. The van der Waals surface area contributed by atoms with Crippen LogP contribution in [0.15, 0.2) is 28.4 Å². The summed E-state index contributed by atoms with van der Waals surface area (Å²) in [5.74, 6) is 0.131. The molecule has 13 heteroatoms. The van der Waals surface area contributed by atoms with Gasteiger partial charge < -0.3 is 15.1 Å². The van der Waals surface area contributed by atoms with E-state index < -0.39 is 9.84 Å². The van der Waals surface area contributed by atoms with Gasteiger partial charge in [0.05, 0.1) is 34.8 Å². The fourth-order valence-electron chi connectivity index (χ4n) is 5.53. The summed E-state index contributed by atoms with van der Waals surface area (Å²) in [6.45, 7) is 7.63. The summed E-state index contributed by atoms with van der Waals surface area (Å²) < 4.78 is 26.5. The van der Waals surface area contributed by atoms with E-state index in [1.54, 1.807) is 4.68 Å². The highest BCUT2D eigenvalue weighted by molar-refractivity contribution is 7.91. The lowest BCUT2D eigenvalue weighted by atomic mass is 9.93. The van der Waals surface area contributed by atoms with Gasteiger partial charge in [0.1, 0.15) is 12.2 Å². The molecule has 4 rings (SSSR count). The number of sulfone groups is 1. The van der Waals surface area contributed by atoms with Crippen LogP contribution in [0.25, 0.3) is 0 Å². The van der Waals surface area contributed by atoms with E-state index in [0.717, 1.165) is 49.6 Å². The number of nitrogens with zero attached hydrogens (tertiary/aromatic N) is 7. The monoisotopic (exact) mass is 587 g/mol. The second-order valence-corrected chi connectivity index (χ2v) is 13.5. The molecule has 1 aliphatic heterocycles. The molecule has 1 aliphatic carbocycles. The van der Waals surface area contributed by atoms with E-state index in [0.29, 0.717) is 29.5 Å². The summed E-state index contributed by atoms with van der Waals surface area (Å²) in [5.41, 5.74) is 2.05. The minimum atomic E-state index is -3.07. The molecule has 2 fully saturated rings. The van der Waals surface area contributed by atoms with Crippen molar-refractivity contribution in [2.45, 2.75) is 84.3 Å². The number of hydrogen-bond acceptors (Lipinski definition) is 10. The summed E-state index contributed by atoms with van der Waals surface area (Å²) in [6.07, 6.45) is 6.27. The molecule has 2 heterocycles. The minimum Gasteiger partial charge on any atom is -0.372 e. The number of anilines is 3. The first-order chi connectivity index (χ1) is 19.2. The standard InChI is InChI=1S/C27H38N8O3S2/c1-4-33(5-2)22-12-13-24(25(18-22)29-20(3)36)30-31-26-34(16-9-15-28)32-27(39-26)35(21-10-7-6-8-11-21)23-14-17-40(37,38)19-23/h12-13,18,21,23H,4-11,14,16-17,19H2,1-3H3/p+1. The van der Waals surface area contributed by atoms with Crippen molar-refractivity contribution in [3.8, 4) is 6.07 Å². The Balaban J connectivity index is 1.70. The lowest BCUT2D eigenvalue weighted by molar-refractivity contribution is -0.735. The molecule has 1 atom stereocenters. The number of benzene rings is 1. The first-order valence-electron chi connectivity index (χ1n) is 14.1. The van der Waals surface area contributed by atoms with Crippen LogP contribution >= 0.6 is 11.3 Å². The van der Waals surface area contributed by atoms with Gasteiger partial charge >= 0.3 is 5.13 Å². The summed E-state index contributed by atoms with van der Waals surface area (Å²) in [5, 5.41) is 27.2. The van der Waals surface area contributed by atoms with Gasteiger partial charge in [-0.25, -0.2) is 8.42 Å². The van der Waals surface area contributed by atoms with Crippen molar-refractivity contribution < 1.29 is 17.9 Å². The number of rotatable bonds is 11. The van der Waals surface area contributed by atoms with Gasteiger partial charge in [0.15, 0.2) is 9.84 Å². The number of hydrogen-bond donors (Lipinski definition) is 1. The molecule has 1 unspecified atom stereocenters. The van der Waals surface area contributed by atoms with E-state index in [-0.39, 0.29) is 35.9 Å². The highest BCUT2D eigenvalue weighted by atomic mass is 32.2. The molecule has 216 valence electrons. The predicted octanol–water partition coefficient (Wildman–Crippen LogP) is 4.89. The van der Waals surface area contributed by atoms with Crippen LogP contribution < -0.4 is 19.8 Å². The topological polar surface area (TPSA) is 135 Å². The molecule has 2 aromatic rings. The number of aromatic nitrogens is 2. The Morgan fingerprint density at radius 3 is 2.55 bits per heavy atom. The van der Waals surface area contributed by atoms with E-state index in [1.807, 2.05) is 18.2 Å². The molecule has 1 N–H and O–H groups in total. The Hall–Kier alpha value is -3.11. The Morgan fingerprint density at radius 2 is 1.93 bits per heavy atom. The van der Waals surface area contributed by atoms with Crippen LogP contribution in [0.4, 0.5) is 27.3 Å². The average Bonchev–Trinajstić information content (AvgIpc) is 3.50. The Bertz CT molecular complexity index is 1360. The van der Waals surface area contributed by atoms with Gasteiger partial charge in [-0.05, 0) is 67.8 Å². The molecule has 0 radical (unpaired) electrons. The van der Waals surface area contributed by atoms with Crippen molar-refractivity contribution in [2.24, 2.45) is 10.2 Å². The molecule has 2 aliphatic rings. The van der Waals surface area contributed by atoms with E-state index in [9.17, 15) is 18.5 Å². The van der Waals surface area contributed by atoms with Gasteiger partial charge in [0.2, 0.25) is 11.0 Å². The first kappa shape index (κ1) is 29.9. The number of carbonyl (C=O) groups excluding carboxylic acids is 1. The molecule has 1 saturated carbocycles. The van der Waals surface area contributed by atoms with Crippen LogP contribution in [-0.4, -0.2) is 56.1 Å². The van der Waals surface area contributed by atoms with Crippen molar-refractivity contribution in [1.82, 2.24) is 5.10 Å². The SMILES string of the molecule is CCN(CC)c1ccc(N=Nc2sc(N(C3CCCCC3)C3CCS(=O)(=O)C3)n[n+]2CCC#N)c(NC(C)=O)c1. The largest absolute Gasteiger partial charge is 0.432 e. The zero-order valence-electron chi connectivity index (χ0n) is 23.5. The van der Waals surface area contributed by atoms with E-state index >= 15 is 0 Å². The number of nitrogens with one attached hydrogen (secondary N) is 1. The minimum absolute atomic E-state index is 0.118. The molecule has 1 amide bonds. The quantitative estimate of drug-likeness (QED) is 0.292. The van der Waals surface area contributed by atoms with Gasteiger partial charge in [-0.15, -0.1) is 4.68 Å². The van der Waals surface area contributed by atoms with E-state index in [1.165, 1.54) is 24.7 Å². The second-order valence-electron chi connectivity index (χ2n) is 10.3. The maximum atomic E-state index is 12.4. The molecule has 0 spiro atoms. The molecule has 1 aromatic carbocycles. The third kappa shape index (κ3) is 7.34. The van der Waals surface area contributed by atoms with Crippen molar-refractivity contribution in [3.05, 3.63) is 18.2 Å². The highest BCUT2D eigenvalue weighted by Crippen LogP contribution is 2.37. The summed E-state index contributed by atoms with van der Waals surface area (Å²) in [4.78, 5) is 16.3. The number of aryl methyl sites for hydroxylation is 1. The van der Waals surface area contributed by atoms with Gasteiger partial charge in [-0.3, -0.25) is 4.79 Å². The highest BCUT2D eigenvalue weighted by Gasteiger charge is 2.39. The summed E-state index contributed by atoms with van der Waals surface area (Å²) >= 11 is 1.37. The van der Waals surface area contributed by atoms with Crippen LogP contribution in [0.3, 0.4) is 0 Å². The maximum absolute atomic E-state index is 12.4. The van der Waals surface area contributed by atoms with Crippen molar-refractivity contribution in [1.29, 1.82) is 5.26 Å². The Labute approximate surface area is 240 Å². The van der Waals surface area contributed by atoms with Crippen LogP contribution in [-0.2, 0) is 21.2 Å². The van der Waals surface area contributed by atoms with Gasteiger partial charge in [0, 0.05) is 37.8 Å². The second kappa shape index (κ2) is 13.5. The average molecular weight is 588 g/mol. The third-order valence-corrected chi connectivity index (χ3v) is 10.2. The third-order valence-electron chi connectivity index (χ3n) is 7.50. The van der Waals surface area contributed by atoms with Gasteiger partial charge in [0.25, 0.3) is 0 Å². The number of carbonyl (C=O) groups is 1. The molecule has 11 nitrogen and oxygen atoms in total. The Morgan fingerprint density at radius 1 is 1.18 bits per heavy atom.